The lowest BCUT2D eigenvalue weighted by atomic mass is 9.77. The Balaban J connectivity index is 1.89. The molecule has 4 aromatic rings. The number of hydrogen-bond acceptors (Lipinski definition) is 6. The third-order valence-electron chi connectivity index (χ3n) is 8.49. The monoisotopic (exact) mass is 618 g/mol. The predicted molar refractivity (Wildman–Crippen MR) is 190 cm³/mol. The molecule has 0 aliphatic carbocycles. The van der Waals surface area contributed by atoms with E-state index in [9.17, 15) is 9.59 Å². The molecular weight excluding hydrogens is 577 g/mol. The molecule has 0 radical (unpaired) electrons. The Labute approximate surface area is 271 Å². The first-order valence-corrected chi connectivity index (χ1v) is 15.9. The second-order valence-electron chi connectivity index (χ2n) is 13.0. The maximum atomic E-state index is 16.4. The number of halogens is 1. The molecular formula is C35H41B2FN6O2. The molecule has 4 heterocycles. The summed E-state index contributed by atoms with van der Waals surface area (Å²) in [5.74, 6) is -0.276. The number of rotatable bonds is 7. The third kappa shape index (κ3) is 6.02. The van der Waals surface area contributed by atoms with Crippen molar-refractivity contribution in [1.82, 2.24) is 24.4 Å². The Morgan fingerprint density at radius 3 is 2.33 bits per heavy atom. The van der Waals surface area contributed by atoms with Gasteiger partial charge in [0.25, 0.3) is 0 Å². The van der Waals surface area contributed by atoms with E-state index in [-0.39, 0.29) is 35.5 Å². The number of benzene rings is 1. The van der Waals surface area contributed by atoms with Gasteiger partial charge in [0.05, 0.1) is 16.8 Å². The Morgan fingerprint density at radius 1 is 1.04 bits per heavy atom. The van der Waals surface area contributed by atoms with Gasteiger partial charge in [-0.15, -0.1) is 5.37 Å². The number of carbonyl (C=O) groups excluding carboxylic acids is 1. The summed E-state index contributed by atoms with van der Waals surface area (Å²) in [5, 5.41) is 1.48. The van der Waals surface area contributed by atoms with Crippen molar-refractivity contribution in [2.24, 2.45) is 0 Å². The van der Waals surface area contributed by atoms with Crippen molar-refractivity contribution in [3.8, 4) is 16.9 Å². The quantitative estimate of drug-likeness (QED) is 0.226. The summed E-state index contributed by atoms with van der Waals surface area (Å²) in [6.07, 6.45) is 5.07. The Morgan fingerprint density at radius 2 is 1.72 bits per heavy atom. The summed E-state index contributed by atoms with van der Waals surface area (Å²) >= 11 is 0. The van der Waals surface area contributed by atoms with Gasteiger partial charge in [-0.05, 0) is 55.0 Å². The Kier molecular flexibility index (Phi) is 9.33. The summed E-state index contributed by atoms with van der Waals surface area (Å²) in [6.45, 7) is 16.6. The maximum absolute atomic E-state index is 16.4. The van der Waals surface area contributed by atoms with Crippen LogP contribution in [0.2, 0.25) is 0 Å². The largest absolute Gasteiger partial charge is 0.355 e. The summed E-state index contributed by atoms with van der Waals surface area (Å²) in [7, 11) is 3.98. The van der Waals surface area contributed by atoms with Gasteiger partial charge in [0.2, 0.25) is 5.91 Å². The molecule has 0 unspecified atom stereocenters. The molecule has 11 heteroatoms. The van der Waals surface area contributed by atoms with Crippen molar-refractivity contribution in [2.75, 3.05) is 18.0 Å². The van der Waals surface area contributed by atoms with Crippen LogP contribution in [0.3, 0.4) is 0 Å². The topological polar surface area (TPSA) is 84.2 Å². The molecule has 0 saturated carbocycles. The molecule has 46 heavy (non-hydrogen) atoms. The summed E-state index contributed by atoms with van der Waals surface area (Å²) in [5.41, 5.74) is 3.67. The van der Waals surface area contributed by atoms with Gasteiger partial charge >= 0.3 is 5.69 Å². The maximum Gasteiger partial charge on any atom is 0.355 e. The van der Waals surface area contributed by atoms with Crippen LogP contribution in [0.4, 0.5) is 10.2 Å². The molecule has 5 rings (SSSR count). The molecule has 1 amide bonds. The first-order valence-electron chi connectivity index (χ1n) is 15.9. The van der Waals surface area contributed by atoms with Gasteiger partial charge in [-0.1, -0.05) is 64.6 Å². The van der Waals surface area contributed by atoms with Crippen LogP contribution in [-0.4, -0.2) is 71.2 Å². The first-order chi connectivity index (χ1) is 21.8. The molecule has 1 aliphatic rings. The second kappa shape index (κ2) is 13.1. The van der Waals surface area contributed by atoms with E-state index in [0.717, 1.165) is 22.2 Å². The van der Waals surface area contributed by atoms with Crippen LogP contribution in [0.5, 0.6) is 0 Å². The van der Waals surface area contributed by atoms with E-state index in [1.165, 1.54) is 16.7 Å². The zero-order valence-electron chi connectivity index (χ0n) is 28.0. The highest BCUT2D eigenvalue weighted by atomic mass is 19.1. The zero-order valence-corrected chi connectivity index (χ0v) is 28.0. The van der Waals surface area contributed by atoms with E-state index in [2.05, 4.69) is 25.4 Å². The van der Waals surface area contributed by atoms with Gasteiger partial charge in [0.1, 0.15) is 33.0 Å². The lowest BCUT2D eigenvalue weighted by Crippen LogP contribution is -2.58. The van der Waals surface area contributed by atoms with Gasteiger partial charge in [-0.3, -0.25) is 9.78 Å². The molecule has 0 bridgehead atoms. The van der Waals surface area contributed by atoms with E-state index < -0.39 is 11.5 Å². The number of carbonyl (C=O) groups is 1. The number of piperazine rings is 1. The molecule has 3 aromatic heterocycles. The minimum atomic E-state index is -0.522. The van der Waals surface area contributed by atoms with Gasteiger partial charge in [0.15, 0.2) is 5.65 Å². The standard InChI is InChI=1S/C35H41B2FN6O2/c1-8-29(45)42-17-21(6)43(22(7)18-42)34-26-16-27(38)31(25-12-10-9-11-23(25)15-28(36)37)40-33(26)44(35(46)41-34)32-24(19(2)3)13-14-39-30(32)20(4)5/h8-16,19-22H,1,17-18,36-37H2,2-7H3/t21-,22-/m0/s1. The highest BCUT2D eigenvalue weighted by molar-refractivity contribution is 6.50. The van der Waals surface area contributed by atoms with Crippen molar-refractivity contribution in [3.05, 3.63) is 93.7 Å². The molecule has 2 atom stereocenters. The fourth-order valence-corrected chi connectivity index (χ4v) is 6.51. The van der Waals surface area contributed by atoms with Gasteiger partial charge in [-0.25, -0.2) is 18.7 Å². The lowest BCUT2D eigenvalue weighted by molar-refractivity contribution is -0.127. The van der Waals surface area contributed by atoms with Crippen LogP contribution in [0, 0.1) is 5.82 Å². The highest BCUT2D eigenvalue weighted by Crippen LogP contribution is 2.36. The van der Waals surface area contributed by atoms with Gasteiger partial charge in [0, 0.05) is 36.9 Å². The smallest absolute Gasteiger partial charge is 0.347 e. The number of anilines is 1. The fourth-order valence-electron chi connectivity index (χ4n) is 6.51. The lowest BCUT2D eigenvalue weighted by Gasteiger charge is -2.45. The molecule has 1 saturated heterocycles. The van der Waals surface area contributed by atoms with Gasteiger partial charge in [-0.2, -0.15) is 4.98 Å². The number of amides is 1. The van der Waals surface area contributed by atoms with E-state index in [1.54, 1.807) is 11.1 Å². The number of aromatic nitrogens is 4. The van der Waals surface area contributed by atoms with Crippen molar-refractivity contribution in [1.29, 1.82) is 0 Å². The van der Waals surface area contributed by atoms with Crippen molar-refractivity contribution < 1.29 is 9.18 Å². The third-order valence-corrected chi connectivity index (χ3v) is 8.49. The van der Waals surface area contributed by atoms with Crippen molar-refractivity contribution in [2.45, 2.75) is 65.5 Å². The molecule has 236 valence electrons. The van der Waals surface area contributed by atoms with E-state index >= 15 is 4.39 Å². The number of pyridine rings is 2. The second-order valence-corrected chi connectivity index (χ2v) is 13.0. The van der Waals surface area contributed by atoms with Crippen LogP contribution in [-0.2, 0) is 4.79 Å². The Bertz CT molecular complexity index is 1880. The summed E-state index contributed by atoms with van der Waals surface area (Å²) in [6, 6.07) is 10.5. The average Bonchev–Trinajstić information content (AvgIpc) is 3.00. The Hall–Kier alpha value is -4.53. The summed E-state index contributed by atoms with van der Waals surface area (Å²) < 4.78 is 18.0. The molecule has 1 aromatic carbocycles. The minimum absolute atomic E-state index is 0.0100. The SMILES string of the molecule is BC(B)=Cc1ccccc1-c1nc2c(cc1F)c(N1[C@@H](C)CN(C(=O)C=C)C[C@@H]1C)nc(=O)n2-c1c(C(C)C)ccnc1C(C)C. The van der Waals surface area contributed by atoms with Crippen LogP contribution in [0.25, 0.3) is 34.1 Å². The van der Waals surface area contributed by atoms with Crippen LogP contribution in [0.15, 0.2) is 65.4 Å². The minimum Gasteiger partial charge on any atom is -0.347 e. The zero-order chi connectivity index (χ0) is 33.4. The average molecular weight is 618 g/mol. The van der Waals surface area contributed by atoms with E-state index in [4.69, 9.17) is 9.97 Å². The first kappa shape index (κ1) is 32.9. The van der Waals surface area contributed by atoms with E-state index in [0.29, 0.717) is 41.2 Å². The predicted octanol–water partition coefficient (Wildman–Crippen LogP) is 4.40. The van der Waals surface area contributed by atoms with Crippen LogP contribution >= 0.6 is 0 Å². The molecule has 8 nitrogen and oxygen atoms in total. The fraction of sp³-hybridized carbons (Fsp3) is 0.343. The number of nitrogens with zero attached hydrogens (tertiary/aromatic N) is 6. The van der Waals surface area contributed by atoms with Gasteiger partial charge < -0.3 is 9.80 Å². The molecule has 0 spiro atoms. The van der Waals surface area contributed by atoms with Crippen molar-refractivity contribution in [3.63, 3.8) is 0 Å². The number of fused-ring (bicyclic) bond motifs is 1. The van der Waals surface area contributed by atoms with Crippen LogP contribution < -0.4 is 10.6 Å². The molecule has 1 aliphatic heterocycles. The highest BCUT2D eigenvalue weighted by Gasteiger charge is 2.35. The normalized spacial score (nSPS) is 16.7. The summed E-state index contributed by atoms with van der Waals surface area (Å²) in [4.78, 5) is 45.0. The molecule has 0 N–H and O–H groups in total. The number of hydrogen-bond donors (Lipinski definition) is 0. The van der Waals surface area contributed by atoms with Crippen molar-refractivity contribution >= 4 is 44.5 Å². The van der Waals surface area contributed by atoms with Crippen LogP contribution in [0.1, 0.15) is 70.2 Å². The van der Waals surface area contributed by atoms with E-state index in [1.807, 2.05) is 84.7 Å². The molecule has 1 fully saturated rings.